The fraction of sp³-hybridized carbons (Fsp3) is 0.182. The van der Waals surface area contributed by atoms with E-state index < -0.39 is 0 Å². The number of Topliss-reactive ketones (excluding diaryl/α,β-unsaturated/α-hetero) is 1. The van der Waals surface area contributed by atoms with Crippen molar-refractivity contribution < 1.29 is 9.59 Å². The highest BCUT2D eigenvalue weighted by Crippen LogP contribution is 2.37. The van der Waals surface area contributed by atoms with Gasteiger partial charge in [-0.05, 0) is 67.1 Å². The molecule has 2 N–H and O–H groups in total. The molecule has 0 saturated carbocycles. The van der Waals surface area contributed by atoms with Crippen LogP contribution < -0.4 is 5.32 Å². The van der Waals surface area contributed by atoms with Gasteiger partial charge in [-0.3, -0.25) is 9.59 Å². The summed E-state index contributed by atoms with van der Waals surface area (Å²) in [6.45, 7) is 5.13. The number of fused-ring (bicyclic) bond motifs is 3. The third-order valence-corrected chi connectivity index (χ3v) is 5.07. The summed E-state index contributed by atoms with van der Waals surface area (Å²) in [7, 11) is 0. The Bertz CT molecular complexity index is 1060. The molecule has 1 aliphatic rings. The molecule has 1 aliphatic carbocycles. The second-order valence-electron chi connectivity index (χ2n) is 6.84. The maximum absolute atomic E-state index is 12.7. The zero-order valence-electron chi connectivity index (χ0n) is 15.1. The second kappa shape index (κ2) is 5.99. The number of aryl methyl sites for hydroxylation is 1. The summed E-state index contributed by atoms with van der Waals surface area (Å²) in [5, 5.41) is 2.95. The van der Waals surface area contributed by atoms with Crippen molar-refractivity contribution in [3.05, 3.63) is 76.1 Å². The predicted octanol–water partition coefficient (Wildman–Crippen LogP) is 4.66. The van der Waals surface area contributed by atoms with Gasteiger partial charge in [-0.25, -0.2) is 0 Å². The van der Waals surface area contributed by atoms with Gasteiger partial charge in [0.15, 0.2) is 5.78 Å². The molecule has 1 heterocycles. The molecular weight excluding hydrogens is 324 g/mol. The lowest BCUT2D eigenvalue weighted by Gasteiger charge is -2.08. The van der Waals surface area contributed by atoms with Gasteiger partial charge in [0.1, 0.15) is 5.69 Å². The predicted molar refractivity (Wildman–Crippen MR) is 103 cm³/mol. The van der Waals surface area contributed by atoms with Gasteiger partial charge in [-0.1, -0.05) is 30.3 Å². The lowest BCUT2D eigenvalue weighted by atomic mass is 10.1. The summed E-state index contributed by atoms with van der Waals surface area (Å²) in [5.41, 5.74) is 8.24. The quantitative estimate of drug-likeness (QED) is 0.531. The normalized spacial score (nSPS) is 11.8. The molecular formula is C22H20N2O2. The number of H-pyrrole nitrogens is 1. The van der Waals surface area contributed by atoms with Crippen molar-refractivity contribution in [1.82, 2.24) is 4.98 Å². The molecule has 1 amide bonds. The summed E-state index contributed by atoms with van der Waals surface area (Å²) >= 11 is 0. The van der Waals surface area contributed by atoms with Crippen LogP contribution >= 0.6 is 0 Å². The van der Waals surface area contributed by atoms with Crippen molar-refractivity contribution in [1.29, 1.82) is 0 Å². The minimum Gasteiger partial charge on any atom is -0.354 e. The molecule has 3 aromatic rings. The summed E-state index contributed by atoms with van der Waals surface area (Å²) < 4.78 is 0. The van der Waals surface area contributed by atoms with Gasteiger partial charge in [-0.15, -0.1) is 0 Å². The highest BCUT2D eigenvalue weighted by atomic mass is 16.2. The van der Waals surface area contributed by atoms with Gasteiger partial charge in [0.05, 0.1) is 0 Å². The van der Waals surface area contributed by atoms with Crippen molar-refractivity contribution in [2.24, 2.45) is 0 Å². The minimum atomic E-state index is -0.228. The molecule has 4 heteroatoms. The first-order chi connectivity index (χ1) is 12.5. The maximum atomic E-state index is 12.7. The van der Waals surface area contributed by atoms with Crippen LogP contribution in [0, 0.1) is 13.8 Å². The van der Waals surface area contributed by atoms with Gasteiger partial charge >= 0.3 is 0 Å². The molecule has 0 spiro atoms. The van der Waals surface area contributed by atoms with Crippen LogP contribution in [0.5, 0.6) is 0 Å². The Labute approximate surface area is 152 Å². The Morgan fingerprint density at radius 3 is 2.46 bits per heavy atom. The van der Waals surface area contributed by atoms with Crippen molar-refractivity contribution in [2.45, 2.75) is 27.2 Å². The number of anilines is 1. The molecule has 130 valence electrons. The highest BCUT2D eigenvalue weighted by Gasteiger charge is 2.21. The Balaban J connectivity index is 1.61. The van der Waals surface area contributed by atoms with E-state index in [9.17, 15) is 9.59 Å². The molecule has 0 atom stereocenters. The number of benzene rings is 2. The SMILES string of the molecule is CC(=O)c1c(C)[nH]c(C(=O)Nc2ccc3c(c2)Cc2ccccc2-3)c1C. The van der Waals surface area contributed by atoms with Crippen LogP contribution in [0.3, 0.4) is 0 Å². The topological polar surface area (TPSA) is 62.0 Å². The first-order valence-electron chi connectivity index (χ1n) is 8.68. The summed E-state index contributed by atoms with van der Waals surface area (Å²) in [4.78, 5) is 27.5. The fourth-order valence-corrected chi connectivity index (χ4v) is 3.92. The van der Waals surface area contributed by atoms with Crippen molar-refractivity contribution >= 4 is 17.4 Å². The van der Waals surface area contributed by atoms with Gasteiger partial charge in [0, 0.05) is 16.9 Å². The molecule has 4 rings (SSSR count). The van der Waals surface area contributed by atoms with E-state index in [1.54, 1.807) is 6.92 Å². The third-order valence-electron chi connectivity index (χ3n) is 5.07. The second-order valence-corrected chi connectivity index (χ2v) is 6.84. The van der Waals surface area contributed by atoms with Crippen LogP contribution in [-0.4, -0.2) is 16.7 Å². The highest BCUT2D eigenvalue weighted by molar-refractivity contribution is 6.07. The van der Waals surface area contributed by atoms with E-state index in [-0.39, 0.29) is 11.7 Å². The zero-order valence-corrected chi connectivity index (χ0v) is 15.1. The van der Waals surface area contributed by atoms with Gasteiger partial charge < -0.3 is 10.3 Å². The molecule has 0 radical (unpaired) electrons. The Hall–Kier alpha value is -3.14. The number of rotatable bonds is 3. The van der Waals surface area contributed by atoms with Crippen LogP contribution in [0.2, 0.25) is 0 Å². The zero-order chi connectivity index (χ0) is 18.4. The molecule has 0 aliphatic heterocycles. The maximum Gasteiger partial charge on any atom is 0.272 e. The molecule has 0 bridgehead atoms. The molecule has 0 unspecified atom stereocenters. The van der Waals surface area contributed by atoms with Gasteiger partial charge in [-0.2, -0.15) is 0 Å². The van der Waals surface area contributed by atoms with Crippen LogP contribution in [0.25, 0.3) is 11.1 Å². The number of carbonyl (C=O) groups is 2. The number of nitrogens with one attached hydrogen (secondary N) is 2. The van der Waals surface area contributed by atoms with Gasteiger partial charge in [0.25, 0.3) is 5.91 Å². The van der Waals surface area contributed by atoms with Crippen LogP contribution in [-0.2, 0) is 6.42 Å². The Morgan fingerprint density at radius 1 is 1.00 bits per heavy atom. The lowest BCUT2D eigenvalue weighted by Crippen LogP contribution is -2.14. The number of aromatic nitrogens is 1. The number of aromatic amines is 1. The van der Waals surface area contributed by atoms with E-state index >= 15 is 0 Å². The van der Waals surface area contributed by atoms with E-state index in [0.717, 1.165) is 17.8 Å². The number of carbonyl (C=O) groups excluding carboxylic acids is 2. The average molecular weight is 344 g/mol. The van der Waals surface area contributed by atoms with Crippen molar-refractivity contribution in [3.63, 3.8) is 0 Å². The van der Waals surface area contributed by atoms with Crippen LogP contribution in [0.4, 0.5) is 5.69 Å². The average Bonchev–Trinajstić information content (AvgIpc) is 3.11. The van der Waals surface area contributed by atoms with E-state index in [1.165, 1.54) is 29.2 Å². The summed E-state index contributed by atoms with van der Waals surface area (Å²) in [6.07, 6.45) is 0.879. The standard InChI is InChI=1S/C22H20N2O2/c1-12-20(14(3)25)13(2)23-21(12)22(26)24-17-8-9-19-16(11-17)10-15-6-4-5-7-18(15)19/h4-9,11,23H,10H2,1-3H3,(H,24,26). The number of ketones is 1. The first kappa shape index (κ1) is 16.3. The Kier molecular flexibility index (Phi) is 3.76. The first-order valence-corrected chi connectivity index (χ1v) is 8.68. The molecule has 2 aromatic carbocycles. The van der Waals surface area contributed by atoms with Gasteiger partial charge in [0.2, 0.25) is 0 Å². The molecule has 1 aromatic heterocycles. The van der Waals surface area contributed by atoms with E-state index in [0.29, 0.717) is 16.8 Å². The number of amides is 1. The monoisotopic (exact) mass is 344 g/mol. The van der Waals surface area contributed by atoms with E-state index in [2.05, 4.69) is 34.6 Å². The molecule has 4 nitrogen and oxygen atoms in total. The number of hydrogen-bond acceptors (Lipinski definition) is 2. The fourth-order valence-electron chi connectivity index (χ4n) is 3.92. The molecule has 26 heavy (non-hydrogen) atoms. The largest absolute Gasteiger partial charge is 0.354 e. The lowest BCUT2D eigenvalue weighted by molar-refractivity contribution is 0.101. The number of hydrogen-bond donors (Lipinski definition) is 2. The van der Waals surface area contributed by atoms with E-state index in [4.69, 9.17) is 0 Å². The van der Waals surface area contributed by atoms with Crippen molar-refractivity contribution in [2.75, 3.05) is 5.32 Å². The van der Waals surface area contributed by atoms with Crippen LogP contribution in [0.1, 0.15) is 50.2 Å². The summed E-state index contributed by atoms with van der Waals surface area (Å²) in [6, 6.07) is 14.4. The Morgan fingerprint density at radius 2 is 1.73 bits per heavy atom. The smallest absolute Gasteiger partial charge is 0.272 e. The molecule has 0 saturated heterocycles. The minimum absolute atomic E-state index is 0.0365. The molecule has 0 fully saturated rings. The van der Waals surface area contributed by atoms with Crippen molar-refractivity contribution in [3.8, 4) is 11.1 Å². The third kappa shape index (κ3) is 2.54. The van der Waals surface area contributed by atoms with E-state index in [1.807, 2.05) is 25.1 Å². The summed E-state index contributed by atoms with van der Waals surface area (Å²) in [5.74, 6) is -0.265. The van der Waals surface area contributed by atoms with Crippen LogP contribution in [0.15, 0.2) is 42.5 Å².